The minimum absolute atomic E-state index is 0.0484. The van der Waals surface area contributed by atoms with Crippen LogP contribution in [-0.2, 0) is 6.18 Å². The number of nitrogens with zero attached hydrogens (tertiary/aromatic N) is 2. The summed E-state index contributed by atoms with van der Waals surface area (Å²) in [5.74, 6) is -0.231. The Balaban J connectivity index is 2.58. The summed E-state index contributed by atoms with van der Waals surface area (Å²) in [5.41, 5.74) is -0.874. The second-order valence-corrected chi connectivity index (χ2v) is 3.14. The number of aromatic nitrogens is 2. The molecule has 2 aromatic rings. The van der Waals surface area contributed by atoms with Crippen LogP contribution in [-0.4, -0.2) is 14.7 Å². The van der Waals surface area contributed by atoms with Crippen molar-refractivity contribution in [2.75, 3.05) is 0 Å². The summed E-state index contributed by atoms with van der Waals surface area (Å²) in [5, 5.41) is 9.46. The summed E-state index contributed by atoms with van der Waals surface area (Å²) in [6.07, 6.45) is -2.77. The number of phenols is 1. The molecule has 0 atom stereocenters. The molecule has 0 aliphatic heterocycles. The van der Waals surface area contributed by atoms with Crippen LogP contribution in [0.1, 0.15) is 5.69 Å². The summed E-state index contributed by atoms with van der Waals surface area (Å²) >= 11 is 0. The zero-order valence-corrected chi connectivity index (χ0v) is 7.94. The van der Waals surface area contributed by atoms with Crippen molar-refractivity contribution in [2.24, 2.45) is 0 Å². The number of phenolic OH excluding ortho intramolecular Hbond substituents is 1. The van der Waals surface area contributed by atoms with E-state index in [0.717, 1.165) is 10.9 Å². The van der Waals surface area contributed by atoms with Crippen LogP contribution in [0, 0.1) is 0 Å². The van der Waals surface area contributed by atoms with Crippen LogP contribution in [0.4, 0.5) is 13.2 Å². The first-order chi connectivity index (χ1) is 7.50. The average Bonchev–Trinajstić information content (AvgIpc) is 2.66. The maximum absolute atomic E-state index is 12.6. The van der Waals surface area contributed by atoms with E-state index in [1.807, 2.05) is 0 Å². The monoisotopic (exact) mass is 228 g/mol. The molecule has 0 aliphatic carbocycles. The molecular formula is C10H7F3N2O. The maximum Gasteiger partial charge on any atom is 0.433 e. The fourth-order valence-corrected chi connectivity index (χ4v) is 1.36. The Morgan fingerprint density at radius 2 is 1.88 bits per heavy atom. The summed E-state index contributed by atoms with van der Waals surface area (Å²) in [6.45, 7) is 0. The number of rotatable bonds is 1. The van der Waals surface area contributed by atoms with Gasteiger partial charge >= 0.3 is 6.18 Å². The van der Waals surface area contributed by atoms with E-state index in [0.29, 0.717) is 6.20 Å². The molecule has 1 aromatic carbocycles. The van der Waals surface area contributed by atoms with Gasteiger partial charge in [0.15, 0.2) is 0 Å². The van der Waals surface area contributed by atoms with Crippen molar-refractivity contribution in [3.8, 4) is 11.4 Å². The van der Waals surface area contributed by atoms with E-state index >= 15 is 0 Å². The Kier molecular flexibility index (Phi) is 2.34. The quantitative estimate of drug-likeness (QED) is 0.814. The summed E-state index contributed by atoms with van der Waals surface area (Å²) in [7, 11) is 0. The molecule has 0 fully saturated rings. The van der Waals surface area contributed by atoms with E-state index in [1.165, 1.54) is 24.3 Å². The van der Waals surface area contributed by atoms with Gasteiger partial charge in [0, 0.05) is 0 Å². The zero-order chi connectivity index (χ0) is 11.8. The number of alkyl halides is 3. The van der Waals surface area contributed by atoms with E-state index in [9.17, 15) is 18.3 Å². The maximum atomic E-state index is 12.6. The van der Waals surface area contributed by atoms with Gasteiger partial charge in [-0.1, -0.05) is 12.1 Å². The number of imidazole rings is 1. The third-order valence-corrected chi connectivity index (χ3v) is 2.07. The van der Waals surface area contributed by atoms with E-state index in [1.54, 1.807) is 0 Å². The normalized spacial score (nSPS) is 11.7. The molecule has 1 heterocycles. The SMILES string of the molecule is Oc1ccccc1-n1cncc1C(F)(F)F. The molecule has 0 bridgehead atoms. The van der Waals surface area contributed by atoms with Gasteiger partial charge in [0.05, 0.1) is 18.2 Å². The van der Waals surface area contributed by atoms with Gasteiger partial charge in [-0.3, -0.25) is 4.57 Å². The number of hydrogen-bond donors (Lipinski definition) is 1. The Morgan fingerprint density at radius 1 is 1.19 bits per heavy atom. The van der Waals surface area contributed by atoms with Gasteiger partial charge in [-0.15, -0.1) is 0 Å². The third-order valence-electron chi connectivity index (χ3n) is 2.07. The largest absolute Gasteiger partial charge is 0.506 e. The van der Waals surface area contributed by atoms with Crippen molar-refractivity contribution in [1.29, 1.82) is 0 Å². The molecule has 0 saturated carbocycles. The van der Waals surface area contributed by atoms with Crippen LogP contribution in [0.5, 0.6) is 5.75 Å². The Morgan fingerprint density at radius 3 is 2.50 bits per heavy atom. The van der Waals surface area contributed by atoms with E-state index in [-0.39, 0.29) is 11.4 Å². The van der Waals surface area contributed by atoms with Gasteiger partial charge in [0.2, 0.25) is 0 Å². The molecule has 3 nitrogen and oxygen atoms in total. The smallest absolute Gasteiger partial charge is 0.433 e. The van der Waals surface area contributed by atoms with E-state index in [4.69, 9.17) is 0 Å². The Labute approximate surface area is 88.8 Å². The number of benzene rings is 1. The molecule has 0 unspecified atom stereocenters. The van der Waals surface area contributed by atoms with Crippen LogP contribution in [0.25, 0.3) is 5.69 Å². The number of hydrogen-bond acceptors (Lipinski definition) is 2. The molecule has 0 spiro atoms. The molecule has 1 aromatic heterocycles. The molecule has 1 N–H and O–H groups in total. The summed E-state index contributed by atoms with van der Waals surface area (Å²) in [4.78, 5) is 3.44. The number of halogens is 3. The lowest BCUT2D eigenvalue weighted by molar-refractivity contribution is -0.142. The van der Waals surface area contributed by atoms with Crippen molar-refractivity contribution in [3.05, 3.63) is 42.5 Å². The Hall–Kier alpha value is -1.98. The Bertz CT molecular complexity index is 505. The van der Waals surface area contributed by atoms with Crippen LogP contribution < -0.4 is 0 Å². The lowest BCUT2D eigenvalue weighted by Gasteiger charge is -2.11. The van der Waals surface area contributed by atoms with Gasteiger partial charge in [0.1, 0.15) is 11.4 Å². The van der Waals surface area contributed by atoms with E-state index < -0.39 is 11.9 Å². The standard InChI is InChI=1S/C10H7F3N2O/c11-10(12,13)9-5-14-6-15(9)7-3-1-2-4-8(7)16/h1-6,16H. The number of aromatic hydroxyl groups is 1. The van der Waals surface area contributed by atoms with Crippen LogP contribution in [0.2, 0.25) is 0 Å². The first kappa shape index (κ1) is 10.5. The predicted molar refractivity (Wildman–Crippen MR) is 50.2 cm³/mol. The van der Waals surface area contributed by atoms with Crippen molar-refractivity contribution in [2.45, 2.75) is 6.18 Å². The fourth-order valence-electron chi connectivity index (χ4n) is 1.36. The minimum atomic E-state index is -4.50. The van der Waals surface area contributed by atoms with Crippen LogP contribution in [0.15, 0.2) is 36.8 Å². The highest BCUT2D eigenvalue weighted by molar-refractivity contribution is 5.46. The number of para-hydroxylation sites is 2. The highest BCUT2D eigenvalue weighted by Gasteiger charge is 2.35. The van der Waals surface area contributed by atoms with Gasteiger partial charge < -0.3 is 5.11 Å². The lowest BCUT2D eigenvalue weighted by Crippen LogP contribution is -2.11. The van der Waals surface area contributed by atoms with Crippen molar-refractivity contribution in [1.82, 2.24) is 9.55 Å². The van der Waals surface area contributed by atoms with E-state index in [2.05, 4.69) is 4.98 Å². The summed E-state index contributed by atoms with van der Waals surface area (Å²) < 4.78 is 38.5. The summed E-state index contributed by atoms with van der Waals surface area (Å²) in [6, 6.07) is 5.76. The van der Waals surface area contributed by atoms with Crippen molar-refractivity contribution >= 4 is 0 Å². The molecule has 0 radical (unpaired) electrons. The van der Waals surface area contributed by atoms with Gasteiger partial charge in [0.25, 0.3) is 0 Å². The average molecular weight is 228 g/mol. The first-order valence-corrected chi connectivity index (χ1v) is 4.38. The molecule has 6 heteroatoms. The predicted octanol–water partition coefficient (Wildman–Crippen LogP) is 2.60. The van der Waals surface area contributed by atoms with Crippen LogP contribution >= 0.6 is 0 Å². The van der Waals surface area contributed by atoms with Gasteiger partial charge in [-0.05, 0) is 12.1 Å². The van der Waals surface area contributed by atoms with Crippen molar-refractivity contribution in [3.63, 3.8) is 0 Å². The molecule has 2 rings (SSSR count). The molecule has 0 aliphatic rings. The van der Waals surface area contributed by atoms with Crippen molar-refractivity contribution < 1.29 is 18.3 Å². The molecule has 84 valence electrons. The fraction of sp³-hybridized carbons (Fsp3) is 0.100. The highest BCUT2D eigenvalue weighted by Crippen LogP contribution is 2.32. The second-order valence-electron chi connectivity index (χ2n) is 3.14. The van der Waals surface area contributed by atoms with Crippen LogP contribution in [0.3, 0.4) is 0 Å². The second kappa shape index (κ2) is 3.55. The van der Waals surface area contributed by atoms with Gasteiger partial charge in [-0.25, -0.2) is 4.98 Å². The third kappa shape index (κ3) is 1.73. The lowest BCUT2D eigenvalue weighted by atomic mass is 10.3. The molecule has 0 saturated heterocycles. The zero-order valence-electron chi connectivity index (χ0n) is 7.94. The van der Waals surface area contributed by atoms with Gasteiger partial charge in [-0.2, -0.15) is 13.2 Å². The first-order valence-electron chi connectivity index (χ1n) is 4.38. The topological polar surface area (TPSA) is 38.0 Å². The minimum Gasteiger partial charge on any atom is -0.506 e. The molecular weight excluding hydrogens is 221 g/mol. The molecule has 0 amide bonds. The highest BCUT2D eigenvalue weighted by atomic mass is 19.4. The molecule has 16 heavy (non-hydrogen) atoms.